The fourth-order valence-electron chi connectivity index (χ4n) is 4.63. The molecule has 0 saturated carbocycles. The van der Waals surface area contributed by atoms with E-state index in [-0.39, 0.29) is 17.8 Å². The normalized spacial score (nSPS) is 15.5. The SMILES string of the molecule is CCOc1ccc(N2C[C@H](C)Cn3c2nc2c3c(=O)n(Cc3ccc(C)cc3)c(=O)n2C)cc1. The van der Waals surface area contributed by atoms with Gasteiger partial charge in [0.15, 0.2) is 11.2 Å². The van der Waals surface area contributed by atoms with Crippen LogP contribution in [0.15, 0.2) is 58.1 Å². The highest BCUT2D eigenvalue weighted by molar-refractivity contribution is 5.77. The first-order valence-electron chi connectivity index (χ1n) is 11.6. The first-order valence-corrected chi connectivity index (χ1v) is 11.6. The highest BCUT2D eigenvalue weighted by atomic mass is 16.5. The fraction of sp³-hybridized carbons (Fsp3) is 0.346. The van der Waals surface area contributed by atoms with Crippen molar-refractivity contribution in [2.24, 2.45) is 13.0 Å². The molecule has 1 atom stereocenters. The number of rotatable bonds is 5. The van der Waals surface area contributed by atoms with Crippen LogP contribution in [-0.4, -0.2) is 31.8 Å². The molecule has 0 saturated heterocycles. The smallest absolute Gasteiger partial charge is 0.332 e. The average molecular weight is 460 g/mol. The number of hydrogen-bond donors (Lipinski definition) is 0. The lowest BCUT2D eigenvalue weighted by atomic mass is 10.1. The quantitative estimate of drug-likeness (QED) is 0.457. The van der Waals surface area contributed by atoms with Crippen molar-refractivity contribution in [1.82, 2.24) is 18.7 Å². The van der Waals surface area contributed by atoms with Gasteiger partial charge in [0, 0.05) is 25.8 Å². The zero-order valence-electron chi connectivity index (χ0n) is 20.0. The monoisotopic (exact) mass is 459 g/mol. The molecule has 8 heteroatoms. The summed E-state index contributed by atoms with van der Waals surface area (Å²) in [6.45, 7) is 8.39. The van der Waals surface area contributed by atoms with Gasteiger partial charge < -0.3 is 14.2 Å². The van der Waals surface area contributed by atoms with Crippen molar-refractivity contribution in [3.63, 3.8) is 0 Å². The van der Waals surface area contributed by atoms with Gasteiger partial charge in [-0.25, -0.2) is 4.79 Å². The maximum absolute atomic E-state index is 13.6. The zero-order chi connectivity index (χ0) is 24.0. The summed E-state index contributed by atoms with van der Waals surface area (Å²) >= 11 is 0. The van der Waals surface area contributed by atoms with E-state index in [2.05, 4.69) is 11.8 Å². The van der Waals surface area contributed by atoms with E-state index in [4.69, 9.17) is 9.72 Å². The van der Waals surface area contributed by atoms with Gasteiger partial charge in [-0.2, -0.15) is 4.98 Å². The summed E-state index contributed by atoms with van der Waals surface area (Å²) in [5.74, 6) is 1.78. The van der Waals surface area contributed by atoms with E-state index in [1.165, 1.54) is 9.13 Å². The van der Waals surface area contributed by atoms with Gasteiger partial charge in [-0.15, -0.1) is 0 Å². The van der Waals surface area contributed by atoms with Gasteiger partial charge in [-0.05, 0) is 49.6 Å². The minimum atomic E-state index is -0.366. The standard InChI is InChI=1S/C26H29N5O3/c1-5-34-21-12-10-20(11-13-21)29-14-18(3)15-30-22-23(27-25(29)30)28(4)26(33)31(24(22)32)16-19-8-6-17(2)7-9-19/h6-13,18H,5,14-16H2,1-4H3/t18-/m0/s1. The molecular formula is C26H29N5O3. The molecule has 0 spiro atoms. The molecule has 1 aliphatic rings. The van der Waals surface area contributed by atoms with E-state index >= 15 is 0 Å². The van der Waals surface area contributed by atoms with Crippen molar-refractivity contribution in [3.8, 4) is 5.75 Å². The van der Waals surface area contributed by atoms with Crippen LogP contribution in [0.2, 0.25) is 0 Å². The first kappa shape index (κ1) is 22.0. The van der Waals surface area contributed by atoms with Crippen LogP contribution in [0.1, 0.15) is 25.0 Å². The molecule has 0 aliphatic carbocycles. The van der Waals surface area contributed by atoms with E-state index < -0.39 is 0 Å². The van der Waals surface area contributed by atoms with Crippen LogP contribution in [0.5, 0.6) is 5.75 Å². The first-order chi connectivity index (χ1) is 16.4. The average Bonchev–Trinajstić information content (AvgIpc) is 3.21. The second-order valence-electron chi connectivity index (χ2n) is 9.06. The topological polar surface area (TPSA) is 74.3 Å². The molecule has 8 nitrogen and oxygen atoms in total. The van der Waals surface area contributed by atoms with Crippen molar-refractivity contribution in [2.45, 2.75) is 33.9 Å². The summed E-state index contributed by atoms with van der Waals surface area (Å²) in [6, 6.07) is 15.8. The molecule has 2 aromatic heterocycles. The molecule has 0 radical (unpaired) electrons. The van der Waals surface area contributed by atoms with Crippen molar-refractivity contribution in [3.05, 3.63) is 80.5 Å². The van der Waals surface area contributed by atoms with Gasteiger partial charge in [-0.1, -0.05) is 36.8 Å². The van der Waals surface area contributed by atoms with Gasteiger partial charge in [0.2, 0.25) is 5.95 Å². The summed E-state index contributed by atoms with van der Waals surface area (Å²) in [7, 11) is 1.68. The molecule has 0 bridgehead atoms. The Morgan fingerprint density at radius 2 is 1.74 bits per heavy atom. The van der Waals surface area contributed by atoms with Crippen molar-refractivity contribution in [2.75, 3.05) is 18.1 Å². The van der Waals surface area contributed by atoms with Crippen LogP contribution in [-0.2, 0) is 20.1 Å². The number of benzene rings is 2. The highest BCUT2D eigenvalue weighted by Crippen LogP contribution is 2.33. The highest BCUT2D eigenvalue weighted by Gasteiger charge is 2.29. The third kappa shape index (κ3) is 3.69. The van der Waals surface area contributed by atoms with E-state index in [1.54, 1.807) is 7.05 Å². The lowest BCUT2D eigenvalue weighted by Gasteiger charge is -2.33. The van der Waals surface area contributed by atoms with E-state index in [0.717, 1.165) is 29.1 Å². The number of ether oxygens (including phenoxy) is 1. The number of aryl methyl sites for hydroxylation is 2. The lowest BCUT2D eigenvalue weighted by Crippen LogP contribution is -2.40. The summed E-state index contributed by atoms with van der Waals surface area (Å²) in [4.78, 5) is 33.7. The Bertz CT molecular complexity index is 1460. The fourth-order valence-corrected chi connectivity index (χ4v) is 4.63. The molecular weight excluding hydrogens is 430 g/mol. The second-order valence-corrected chi connectivity index (χ2v) is 9.06. The molecule has 3 heterocycles. The molecule has 34 heavy (non-hydrogen) atoms. The van der Waals surface area contributed by atoms with Gasteiger partial charge in [-0.3, -0.25) is 13.9 Å². The van der Waals surface area contributed by atoms with E-state index in [9.17, 15) is 9.59 Å². The molecule has 1 aliphatic heterocycles. The molecule has 5 rings (SSSR count). The maximum Gasteiger partial charge on any atom is 0.332 e. The van der Waals surface area contributed by atoms with Gasteiger partial charge in [0.1, 0.15) is 5.75 Å². The Morgan fingerprint density at radius 3 is 2.41 bits per heavy atom. The van der Waals surface area contributed by atoms with Crippen LogP contribution >= 0.6 is 0 Å². The number of hydrogen-bond acceptors (Lipinski definition) is 5. The molecule has 4 aromatic rings. The minimum Gasteiger partial charge on any atom is -0.494 e. The van der Waals surface area contributed by atoms with Crippen LogP contribution in [0, 0.1) is 12.8 Å². The Morgan fingerprint density at radius 1 is 1.03 bits per heavy atom. The molecule has 0 amide bonds. The van der Waals surface area contributed by atoms with Crippen LogP contribution in [0.25, 0.3) is 11.2 Å². The maximum atomic E-state index is 13.6. The predicted molar refractivity (Wildman–Crippen MR) is 133 cm³/mol. The summed E-state index contributed by atoms with van der Waals surface area (Å²) in [5, 5.41) is 0. The van der Waals surface area contributed by atoms with Crippen LogP contribution in [0.3, 0.4) is 0 Å². The predicted octanol–water partition coefficient (Wildman–Crippen LogP) is 3.44. The van der Waals surface area contributed by atoms with Crippen LogP contribution < -0.4 is 20.9 Å². The van der Waals surface area contributed by atoms with Crippen molar-refractivity contribution >= 4 is 22.8 Å². The molecule has 0 fully saturated rings. The Balaban J connectivity index is 1.65. The summed E-state index contributed by atoms with van der Waals surface area (Å²) in [6.07, 6.45) is 0. The molecule has 0 N–H and O–H groups in total. The van der Waals surface area contributed by atoms with Crippen molar-refractivity contribution < 1.29 is 4.74 Å². The van der Waals surface area contributed by atoms with Crippen molar-refractivity contribution in [1.29, 1.82) is 0 Å². The number of fused-ring (bicyclic) bond motifs is 3. The van der Waals surface area contributed by atoms with E-state index in [0.29, 0.717) is 36.2 Å². The second kappa shape index (κ2) is 8.52. The minimum absolute atomic E-state index is 0.223. The van der Waals surface area contributed by atoms with Gasteiger partial charge in [0.25, 0.3) is 5.56 Å². The third-order valence-electron chi connectivity index (χ3n) is 6.36. The Hall–Kier alpha value is -3.81. The number of anilines is 2. The van der Waals surface area contributed by atoms with Crippen LogP contribution in [0.4, 0.5) is 11.6 Å². The lowest BCUT2D eigenvalue weighted by molar-refractivity contribution is 0.340. The van der Waals surface area contributed by atoms with Gasteiger partial charge in [0.05, 0.1) is 13.2 Å². The van der Waals surface area contributed by atoms with E-state index in [1.807, 2.05) is 66.9 Å². The molecule has 2 aromatic carbocycles. The van der Waals surface area contributed by atoms with Gasteiger partial charge >= 0.3 is 5.69 Å². The molecule has 0 unspecified atom stereocenters. The summed E-state index contributed by atoms with van der Waals surface area (Å²) in [5.41, 5.74) is 3.21. The largest absolute Gasteiger partial charge is 0.494 e. The Kier molecular flexibility index (Phi) is 5.51. The number of nitrogens with zero attached hydrogens (tertiary/aromatic N) is 5. The zero-order valence-corrected chi connectivity index (χ0v) is 20.0. The number of imidazole rings is 1. The number of aromatic nitrogens is 4. The third-order valence-corrected chi connectivity index (χ3v) is 6.36. The summed E-state index contributed by atoms with van der Waals surface area (Å²) < 4.78 is 10.3. The Labute approximate surface area is 197 Å². The molecule has 176 valence electrons.